The Morgan fingerprint density at radius 2 is 2.23 bits per heavy atom. The zero-order valence-electron chi connectivity index (χ0n) is 16.7. The van der Waals surface area contributed by atoms with Gasteiger partial charge in [-0.3, -0.25) is 9.25 Å². The van der Waals surface area contributed by atoms with Gasteiger partial charge in [-0.15, -0.1) is 26.6 Å². The molecule has 1 saturated heterocycles. The summed E-state index contributed by atoms with van der Waals surface area (Å²) >= 11 is 3.17. The summed E-state index contributed by atoms with van der Waals surface area (Å²) < 4.78 is 11.5. The Labute approximate surface area is 185 Å². The summed E-state index contributed by atoms with van der Waals surface area (Å²) in [6.07, 6.45) is 5.93. The predicted octanol–water partition coefficient (Wildman–Crippen LogP) is 2.80. The van der Waals surface area contributed by atoms with Gasteiger partial charge < -0.3 is 4.74 Å². The Bertz CT molecular complexity index is 1360. The molecule has 0 aromatic carbocycles. The zero-order chi connectivity index (χ0) is 20.8. The van der Waals surface area contributed by atoms with E-state index in [1.807, 2.05) is 30.8 Å². The van der Waals surface area contributed by atoms with E-state index in [0.717, 1.165) is 57.8 Å². The van der Waals surface area contributed by atoms with E-state index >= 15 is 0 Å². The van der Waals surface area contributed by atoms with Gasteiger partial charge in [0.2, 0.25) is 0 Å². The highest BCUT2D eigenvalue weighted by molar-refractivity contribution is 7.98. The first-order chi connectivity index (χ1) is 15.2. The van der Waals surface area contributed by atoms with Crippen LogP contribution in [0.2, 0.25) is 0 Å². The van der Waals surface area contributed by atoms with Crippen LogP contribution < -0.4 is 0 Å². The lowest BCUT2D eigenvalue weighted by Gasteiger charge is -2.13. The molecule has 6 heterocycles. The highest BCUT2D eigenvalue weighted by atomic mass is 32.2. The van der Waals surface area contributed by atoms with Crippen molar-refractivity contribution in [1.82, 2.24) is 44.1 Å². The van der Waals surface area contributed by atoms with Gasteiger partial charge in [-0.2, -0.15) is 5.10 Å². The standard InChI is InChI=1S/C19H19N9OS2/c1-26-6-4-14(24-26)17-22-23-19(27(17)9-12-3-2-7-29-12)31-10-15-21-16-13-5-8-30-18(13)20-11-28(16)25-15/h4-6,8,11-12H,2-3,7,9-10H2,1H3. The van der Waals surface area contributed by atoms with Gasteiger partial charge in [0, 0.05) is 19.9 Å². The number of thiophene rings is 1. The second kappa shape index (κ2) is 7.70. The van der Waals surface area contributed by atoms with Crippen molar-refractivity contribution in [2.75, 3.05) is 6.61 Å². The van der Waals surface area contributed by atoms with Gasteiger partial charge in [0.05, 0.1) is 23.8 Å². The second-order valence-electron chi connectivity index (χ2n) is 7.40. The minimum absolute atomic E-state index is 0.170. The van der Waals surface area contributed by atoms with Crippen LogP contribution in [0.15, 0.2) is 35.2 Å². The third kappa shape index (κ3) is 3.50. The Balaban J connectivity index is 1.30. The third-order valence-corrected chi connectivity index (χ3v) is 7.03. The predicted molar refractivity (Wildman–Crippen MR) is 117 cm³/mol. The fraction of sp³-hybridized carbons (Fsp3) is 0.368. The largest absolute Gasteiger partial charge is 0.376 e. The van der Waals surface area contributed by atoms with Crippen LogP contribution in [0, 0.1) is 0 Å². The second-order valence-corrected chi connectivity index (χ2v) is 9.23. The minimum Gasteiger partial charge on any atom is -0.376 e. The normalized spacial score (nSPS) is 16.7. The summed E-state index contributed by atoms with van der Waals surface area (Å²) in [5.41, 5.74) is 1.63. The Morgan fingerprint density at radius 3 is 3.06 bits per heavy atom. The molecule has 10 nitrogen and oxygen atoms in total. The van der Waals surface area contributed by atoms with Crippen molar-refractivity contribution in [2.45, 2.75) is 36.4 Å². The topological polar surface area (TPSA) is 101 Å². The van der Waals surface area contributed by atoms with Gasteiger partial charge in [-0.1, -0.05) is 11.8 Å². The Hall–Kier alpha value is -2.83. The lowest BCUT2D eigenvalue weighted by atomic mass is 10.2. The highest BCUT2D eigenvalue weighted by Crippen LogP contribution is 2.28. The Kier molecular flexibility index (Phi) is 4.69. The molecule has 0 saturated carbocycles. The maximum absolute atomic E-state index is 5.87. The molecule has 0 radical (unpaired) electrons. The molecule has 0 bridgehead atoms. The van der Waals surface area contributed by atoms with Crippen LogP contribution in [0.5, 0.6) is 0 Å². The number of fused-ring (bicyclic) bond motifs is 3. The molecule has 1 unspecified atom stereocenters. The van der Waals surface area contributed by atoms with Crippen LogP contribution in [0.3, 0.4) is 0 Å². The van der Waals surface area contributed by atoms with Crippen molar-refractivity contribution in [3.63, 3.8) is 0 Å². The van der Waals surface area contributed by atoms with Crippen LogP contribution in [-0.2, 0) is 24.1 Å². The number of nitrogens with zero attached hydrogens (tertiary/aromatic N) is 9. The van der Waals surface area contributed by atoms with E-state index in [0.29, 0.717) is 12.3 Å². The molecule has 0 N–H and O–H groups in total. The number of hydrogen-bond donors (Lipinski definition) is 0. The lowest BCUT2D eigenvalue weighted by Crippen LogP contribution is -2.16. The monoisotopic (exact) mass is 453 g/mol. The first-order valence-corrected chi connectivity index (χ1v) is 11.9. The Morgan fingerprint density at radius 1 is 1.26 bits per heavy atom. The fourth-order valence-corrected chi connectivity index (χ4v) is 5.30. The van der Waals surface area contributed by atoms with E-state index in [1.165, 1.54) is 0 Å². The number of thioether (sulfide) groups is 1. The van der Waals surface area contributed by atoms with E-state index in [-0.39, 0.29) is 6.10 Å². The van der Waals surface area contributed by atoms with Gasteiger partial charge in [-0.25, -0.2) is 14.5 Å². The summed E-state index contributed by atoms with van der Waals surface area (Å²) in [6.45, 7) is 1.52. The molecule has 12 heteroatoms. The SMILES string of the molecule is Cn1ccc(-c2nnc(SCc3nc4c5ccsc5ncn4n3)n2CC2CCCO2)n1. The molecule has 1 atom stereocenters. The molecule has 0 amide bonds. The van der Waals surface area contributed by atoms with E-state index < -0.39 is 0 Å². The first kappa shape index (κ1) is 18.9. The molecule has 0 spiro atoms. The highest BCUT2D eigenvalue weighted by Gasteiger charge is 2.23. The molecule has 1 aliphatic heterocycles. The first-order valence-electron chi connectivity index (χ1n) is 10.00. The number of aryl methyl sites for hydroxylation is 1. The summed E-state index contributed by atoms with van der Waals surface area (Å²) in [5.74, 6) is 2.07. The van der Waals surface area contributed by atoms with Crippen molar-refractivity contribution in [3.05, 3.63) is 35.9 Å². The molecule has 5 aromatic heterocycles. The quantitative estimate of drug-likeness (QED) is 0.362. The van der Waals surface area contributed by atoms with Gasteiger partial charge in [-0.05, 0) is 30.4 Å². The summed E-state index contributed by atoms with van der Waals surface area (Å²) in [4.78, 5) is 10.1. The molecule has 31 heavy (non-hydrogen) atoms. The smallest absolute Gasteiger partial charge is 0.192 e. The van der Waals surface area contributed by atoms with E-state index in [4.69, 9.17) is 9.72 Å². The van der Waals surface area contributed by atoms with Gasteiger partial charge in [0.1, 0.15) is 16.9 Å². The molecular formula is C19H19N9OS2. The molecule has 1 aliphatic rings. The van der Waals surface area contributed by atoms with Crippen LogP contribution in [0.25, 0.3) is 27.4 Å². The average molecular weight is 454 g/mol. The van der Waals surface area contributed by atoms with Crippen LogP contribution >= 0.6 is 23.1 Å². The molecule has 5 aromatic rings. The summed E-state index contributed by atoms with van der Waals surface area (Å²) in [7, 11) is 1.90. The maximum atomic E-state index is 5.87. The summed E-state index contributed by atoms with van der Waals surface area (Å²) in [6, 6.07) is 3.98. The van der Waals surface area contributed by atoms with E-state index in [9.17, 15) is 0 Å². The average Bonchev–Trinajstić information content (AvgIpc) is 3.56. The van der Waals surface area contributed by atoms with Crippen molar-refractivity contribution in [3.8, 4) is 11.5 Å². The van der Waals surface area contributed by atoms with Crippen molar-refractivity contribution in [2.24, 2.45) is 7.05 Å². The van der Waals surface area contributed by atoms with Crippen LogP contribution in [-0.4, -0.2) is 56.8 Å². The molecule has 0 aliphatic carbocycles. The zero-order valence-corrected chi connectivity index (χ0v) is 18.4. The van der Waals surface area contributed by atoms with Crippen LogP contribution in [0.4, 0.5) is 0 Å². The van der Waals surface area contributed by atoms with E-state index in [2.05, 4.69) is 29.9 Å². The van der Waals surface area contributed by atoms with Gasteiger partial charge in [0.25, 0.3) is 0 Å². The van der Waals surface area contributed by atoms with Gasteiger partial charge >= 0.3 is 0 Å². The van der Waals surface area contributed by atoms with Crippen molar-refractivity contribution >= 4 is 39.0 Å². The minimum atomic E-state index is 0.170. The number of aromatic nitrogens is 9. The molecule has 1 fully saturated rings. The number of rotatable bonds is 6. The van der Waals surface area contributed by atoms with E-state index in [1.54, 1.807) is 38.6 Å². The third-order valence-electron chi connectivity index (χ3n) is 5.25. The molecule has 158 valence electrons. The number of ether oxygens (including phenoxy) is 1. The lowest BCUT2D eigenvalue weighted by molar-refractivity contribution is 0.0953. The summed E-state index contributed by atoms with van der Waals surface area (Å²) in [5, 5.41) is 21.8. The fourth-order valence-electron chi connectivity index (χ4n) is 3.78. The maximum Gasteiger partial charge on any atom is 0.192 e. The molecule has 6 rings (SSSR count). The molecular weight excluding hydrogens is 434 g/mol. The van der Waals surface area contributed by atoms with Crippen LogP contribution in [0.1, 0.15) is 18.7 Å². The van der Waals surface area contributed by atoms with Crippen molar-refractivity contribution < 1.29 is 4.74 Å². The van der Waals surface area contributed by atoms with Gasteiger partial charge in [0.15, 0.2) is 22.5 Å². The van der Waals surface area contributed by atoms with Crippen molar-refractivity contribution in [1.29, 1.82) is 0 Å². The number of hydrogen-bond acceptors (Lipinski definition) is 9.